The molecule has 0 spiro atoms. The highest BCUT2D eigenvalue weighted by Gasteiger charge is 2.32. The van der Waals surface area contributed by atoms with Crippen molar-refractivity contribution in [3.8, 4) is 0 Å². The van der Waals surface area contributed by atoms with Crippen LogP contribution in [0.25, 0.3) is 0 Å². The molecule has 27 heavy (non-hydrogen) atoms. The average Bonchev–Trinajstić information content (AvgIpc) is 2.89. The van der Waals surface area contributed by atoms with Gasteiger partial charge in [-0.3, -0.25) is 9.59 Å². The second kappa shape index (κ2) is 8.00. The minimum Gasteiger partial charge on any atom is -0.351 e. The average molecular weight is 395 g/mol. The van der Waals surface area contributed by atoms with Gasteiger partial charge in [0.25, 0.3) is 5.91 Å². The molecule has 0 saturated carbocycles. The molecule has 2 N–H and O–H groups in total. The molecule has 2 rings (SSSR count). The molecule has 2 atom stereocenters. The molecule has 1 aromatic carbocycles. The highest BCUT2D eigenvalue weighted by Crippen LogP contribution is 2.22. The quantitative estimate of drug-likeness (QED) is 0.799. The van der Waals surface area contributed by atoms with Crippen molar-refractivity contribution in [1.82, 2.24) is 10.6 Å². The Balaban J connectivity index is 2.04. The SMILES string of the molecule is CC(C)C(NC(=O)c1ccc(C(C)(C)C)cc1)C(=O)NC1CCS(=O)(=O)C1. The summed E-state index contributed by atoms with van der Waals surface area (Å²) < 4.78 is 23.1. The molecular weight excluding hydrogens is 364 g/mol. The van der Waals surface area contributed by atoms with Crippen LogP contribution in [0.5, 0.6) is 0 Å². The molecule has 1 aliphatic heterocycles. The fourth-order valence-corrected chi connectivity index (χ4v) is 4.75. The summed E-state index contributed by atoms with van der Waals surface area (Å²) in [6.07, 6.45) is 0.418. The molecule has 0 radical (unpaired) electrons. The normalized spacial score (nSPS) is 20.3. The van der Waals surface area contributed by atoms with Crippen LogP contribution >= 0.6 is 0 Å². The minimum atomic E-state index is -3.07. The summed E-state index contributed by atoms with van der Waals surface area (Å²) in [5.74, 6) is -0.723. The Kier molecular flexibility index (Phi) is 6.35. The summed E-state index contributed by atoms with van der Waals surface area (Å²) in [7, 11) is -3.07. The van der Waals surface area contributed by atoms with Gasteiger partial charge in [-0.05, 0) is 35.4 Å². The van der Waals surface area contributed by atoms with Crippen molar-refractivity contribution in [3.05, 3.63) is 35.4 Å². The van der Waals surface area contributed by atoms with E-state index in [1.165, 1.54) is 0 Å². The maximum absolute atomic E-state index is 12.6. The van der Waals surface area contributed by atoms with Crippen LogP contribution < -0.4 is 10.6 Å². The van der Waals surface area contributed by atoms with Crippen LogP contribution in [-0.4, -0.2) is 43.8 Å². The smallest absolute Gasteiger partial charge is 0.251 e. The van der Waals surface area contributed by atoms with Crippen LogP contribution in [0.1, 0.15) is 57.0 Å². The van der Waals surface area contributed by atoms with Crippen LogP contribution in [0.15, 0.2) is 24.3 Å². The number of sulfone groups is 1. The zero-order valence-corrected chi connectivity index (χ0v) is 17.5. The maximum Gasteiger partial charge on any atom is 0.251 e. The van der Waals surface area contributed by atoms with E-state index in [1.807, 2.05) is 26.0 Å². The van der Waals surface area contributed by atoms with E-state index < -0.39 is 15.9 Å². The molecule has 1 aliphatic rings. The van der Waals surface area contributed by atoms with Gasteiger partial charge in [-0.25, -0.2) is 8.42 Å². The third kappa shape index (κ3) is 5.79. The number of hydrogen-bond donors (Lipinski definition) is 2. The van der Waals surface area contributed by atoms with Crippen molar-refractivity contribution in [1.29, 1.82) is 0 Å². The molecule has 150 valence electrons. The monoisotopic (exact) mass is 394 g/mol. The van der Waals surface area contributed by atoms with Crippen molar-refractivity contribution < 1.29 is 18.0 Å². The van der Waals surface area contributed by atoms with Gasteiger partial charge in [0, 0.05) is 11.6 Å². The summed E-state index contributed by atoms with van der Waals surface area (Å²) >= 11 is 0. The van der Waals surface area contributed by atoms with E-state index in [2.05, 4.69) is 31.4 Å². The van der Waals surface area contributed by atoms with Crippen molar-refractivity contribution in [2.75, 3.05) is 11.5 Å². The highest BCUT2D eigenvalue weighted by molar-refractivity contribution is 7.91. The third-order valence-electron chi connectivity index (χ3n) is 4.83. The lowest BCUT2D eigenvalue weighted by Crippen LogP contribution is -2.52. The van der Waals surface area contributed by atoms with Gasteiger partial charge in [-0.15, -0.1) is 0 Å². The summed E-state index contributed by atoms with van der Waals surface area (Å²) in [4.78, 5) is 25.2. The summed E-state index contributed by atoms with van der Waals surface area (Å²) in [5.41, 5.74) is 1.61. The second-order valence-electron chi connectivity index (χ2n) is 8.63. The number of carbonyl (C=O) groups excluding carboxylic acids is 2. The third-order valence-corrected chi connectivity index (χ3v) is 6.60. The van der Waals surface area contributed by atoms with Gasteiger partial charge in [-0.1, -0.05) is 46.8 Å². The van der Waals surface area contributed by atoms with Gasteiger partial charge in [0.1, 0.15) is 6.04 Å². The highest BCUT2D eigenvalue weighted by atomic mass is 32.2. The lowest BCUT2D eigenvalue weighted by Gasteiger charge is -2.24. The standard InChI is InChI=1S/C20H30N2O4S/c1-13(2)17(19(24)21-16-10-11-27(25,26)12-16)22-18(23)14-6-8-15(9-7-14)20(3,4)5/h6-9,13,16-17H,10-12H2,1-5H3,(H,21,24)(H,22,23). The maximum atomic E-state index is 12.6. The first kappa shape index (κ1) is 21.4. The van der Waals surface area contributed by atoms with E-state index in [-0.39, 0.29) is 40.7 Å². The van der Waals surface area contributed by atoms with E-state index in [0.717, 1.165) is 5.56 Å². The predicted molar refractivity (Wildman–Crippen MR) is 106 cm³/mol. The zero-order chi connectivity index (χ0) is 20.4. The fourth-order valence-electron chi connectivity index (χ4n) is 3.08. The van der Waals surface area contributed by atoms with E-state index >= 15 is 0 Å². The number of amides is 2. The van der Waals surface area contributed by atoms with Crippen LogP contribution in [0.4, 0.5) is 0 Å². The summed E-state index contributed by atoms with van der Waals surface area (Å²) in [6.45, 7) is 10.00. The lowest BCUT2D eigenvalue weighted by molar-refractivity contribution is -0.124. The van der Waals surface area contributed by atoms with E-state index in [9.17, 15) is 18.0 Å². The second-order valence-corrected chi connectivity index (χ2v) is 10.9. The molecular formula is C20H30N2O4S. The Bertz CT molecular complexity index is 792. The fraction of sp³-hybridized carbons (Fsp3) is 0.600. The number of hydrogen-bond acceptors (Lipinski definition) is 4. The molecule has 0 bridgehead atoms. The summed E-state index contributed by atoms with van der Waals surface area (Å²) in [5, 5.41) is 5.55. The van der Waals surface area contributed by atoms with Crippen LogP contribution in [0, 0.1) is 5.92 Å². The topological polar surface area (TPSA) is 92.3 Å². The number of rotatable bonds is 5. The van der Waals surface area contributed by atoms with E-state index in [4.69, 9.17) is 0 Å². The van der Waals surface area contributed by atoms with Gasteiger partial charge in [-0.2, -0.15) is 0 Å². The van der Waals surface area contributed by atoms with E-state index in [0.29, 0.717) is 12.0 Å². The Hall–Kier alpha value is -1.89. The predicted octanol–water partition coefficient (Wildman–Crippen LogP) is 2.04. The van der Waals surface area contributed by atoms with Gasteiger partial charge in [0.05, 0.1) is 11.5 Å². The molecule has 2 unspecified atom stereocenters. The van der Waals surface area contributed by atoms with Crippen molar-refractivity contribution in [2.24, 2.45) is 5.92 Å². The van der Waals surface area contributed by atoms with Crippen molar-refractivity contribution >= 4 is 21.7 Å². The first-order valence-corrected chi connectivity index (χ1v) is 11.1. The molecule has 2 amide bonds. The van der Waals surface area contributed by atoms with Gasteiger partial charge >= 0.3 is 0 Å². The Labute approximate surface area is 162 Å². The molecule has 0 aromatic heterocycles. The Morgan fingerprint density at radius 3 is 2.15 bits per heavy atom. The van der Waals surface area contributed by atoms with Crippen molar-refractivity contribution in [2.45, 2.75) is 58.5 Å². The van der Waals surface area contributed by atoms with Gasteiger partial charge in [0.2, 0.25) is 5.91 Å². The first-order valence-electron chi connectivity index (χ1n) is 9.31. The van der Waals surface area contributed by atoms with Crippen LogP contribution in [-0.2, 0) is 20.0 Å². The lowest BCUT2D eigenvalue weighted by atomic mass is 9.86. The molecule has 1 aromatic rings. The molecule has 1 heterocycles. The molecule has 7 heteroatoms. The molecule has 1 saturated heterocycles. The molecule has 1 fully saturated rings. The zero-order valence-electron chi connectivity index (χ0n) is 16.7. The van der Waals surface area contributed by atoms with E-state index in [1.54, 1.807) is 12.1 Å². The molecule has 6 nitrogen and oxygen atoms in total. The van der Waals surface area contributed by atoms with Crippen molar-refractivity contribution in [3.63, 3.8) is 0 Å². The largest absolute Gasteiger partial charge is 0.351 e. The van der Waals surface area contributed by atoms with Gasteiger partial charge < -0.3 is 10.6 Å². The Morgan fingerprint density at radius 1 is 1.11 bits per heavy atom. The Morgan fingerprint density at radius 2 is 1.70 bits per heavy atom. The number of benzene rings is 1. The first-order chi connectivity index (χ1) is 12.4. The van der Waals surface area contributed by atoms with Crippen LogP contribution in [0.3, 0.4) is 0 Å². The molecule has 0 aliphatic carbocycles. The van der Waals surface area contributed by atoms with Crippen LogP contribution in [0.2, 0.25) is 0 Å². The number of carbonyl (C=O) groups is 2. The summed E-state index contributed by atoms with van der Waals surface area (Å²) in [6, 6.07) is 6.25. The van der Waals surface area contributed by atoms with Gasteiger partial charge in [0.15, 0.2) is 9.84 Å². The minimum absolute atomic E-state index is 0.00300. The number of nitrogens with one attached hydrogen (secondary N) is 2.